The molecule has 5 heteroatoms. The Bertz CT molecular complexity index is 537. The molecule has 94 valence electrons. The quantitative estimate of drug-likeness (QED) is 0.899. The summed E-state index contributed by atoms with van der Waals surface area (Å²) in [7, 11) is 1.92. The molecule has 18 heavy (non-hydrogen) atoms. The molecular weight excluding hydrogens is 246 g/mol. The van der Waals surface area contributed by atoms with Crippen LogP contribution in [0.1, 0.15) is 30.1 Å². The van der Waals surface area contributed by atoms with Gasteiger partial charge >= 0.3 is 0 Å². The standard InChI is InChI=1S/C13H15N3OS/c1-14-8-10-4-2-3-5-11(10)17-13-15-12(16-18-13)9-6-7-9/h2-5,9,14H,6-8H2,1H3. The second kappa shape index (κ2) is 5.04. The lowest BCUT2D eigenvalue weighted by atomic mass is 10.2. The monoisotopic (exact) mass is 261 g/mol. The zero-order valence-corrected chi connectivity index (χ0v) is 11.0. The van der Waals surface area contributed by atoms with E-state index >= 15 is 0 Å². The van der Waals surface area contributed by atoms with Crippen LogP contribution in [0.4, 0.5) is 0 Å². The van der Waals surface area contributed by atoms with Crippen molar-refractivity contribution in [2.75, 3.05) is 7.05 Å². The first-order chi connectivity index (χ1) is 8.86. The molecule has 0 saturated heterocycles. The van der Waals surface area contributed by atoms with E-state index in [0.29, 0.717) is 11.1 Å². The Morgan fingerprint density at radius 1 is 1.39 bits per heavy atom. The van der Waals surface area contributed by atoms with E-state index in [2.05, 4.69) is 20.7 Å². The summed E-state index contributed by atoms with van der Waals surface area (Å²) < 4.78 is 10.2. The summed E-state index contributed by atoms with van der Waals surface area (Å²) in [6, 6.07) is 7.99. The van der Waals surface area contributed by atoms with Crippen molar-refractivity contribution < 1.29 is 4.74 Å². The largest absolute Gasteiger partial charge is 0.430 e. The van der Waals surface area contributed by atoms with E-state index in [1.54, 1.807) is 0 Å². The van der Waals surface area contributed by atoms with Crippen molar-refractivity contribution in [1.82, 2.24) is 14.7 Å². The highest BCUT2D eigenvalue weighted by atomic mass is 32.1. The molecule has 0 bridgehead atoms. The van der Waals surface area contributed by atoms with Crippen LogP contribution in [0.3, 0.4) is 0 Å². The topological polar surface area (TPSA) is 47.0 Å². The molecular formula is C13H15N3OS. The van der Waals surface area contributed by atoms with Gasteiger partial charge in [-0.1, -0.05) is 18.2 Å². The summed E-state index contributed by atoms with van der Waals surface area (Å²) in [4.78, 5) is 4.43. The lowest BCUT2D eigenvalue weighted by Gasteiger charge is -2.07. The lowest BCUT2D eigenvalue weighted by molar-refractivity contribution is 0.469. The molecule has 1 aromatic carbocycles. The highest BCUT2D eigenvalue weighted by Crippen LogP contribution is 2.40. The highest BCUT2D eigenvalue weighted by molar-refractivity contribution is 7.07. The van der Waals surface area contributed by atoms with E-state index < -0.39 is 0 Å². The van der Waals surface area contributed by atoms with Gasteiger partial charge in [-0.25, -0.2) is 0 Å². The van der Waals surface area contributed by atoms with Gasteiger partial charge in [-0.05, 0) is 26.0 Å². The Balaban J connectivity index is 1.77. The fourth-order valence-electron chi connectivity index (χ4n) is 1.80. The molecule has 2 aromatic rings. The van der Waals surface area contributed by atoms with E-state index in [1.165, 1.54) is 24.4 Å². The minimum Gasteiger partial charge on any atom is -0.430 e. The molecule has 3 rings (SSSR count). The predicted molar refractivity (Wildman–Crippen MR) is 71.2 cm³/mol. The molecule has 0 amide bonds. The van der Waals surface area contributed by atoms with Crippen LogP contribution in [-0.4, -0.2) is 16.4 Å². The Morgan fingerprint density at radius 3 is 3.00 bits per heavy atom. The average molecular weight is 261 g/mol. The number of benzene rings is 1. The van der Waals surface area contributed by atoms with Crippen LogP contribution in [0.2, 0.25) is 0 Å². The molecule has 4 nitrogen and oxygen atoms in total. The van der Waals surface area contributed by atoms with Crippen LogP contribution in [0.15, 0.2) is 24.3 Å². The molecule has 1 saturated carbocycles. The predicted octanol–water partition coefficient (Wildman–Crippen LogP) is 2.93. The van der Waals surface area contributed by atoms with Crippen LogP contribution in [0.25, 0.3) is 0 Å². The maximum absolute atomic E-state index is 5.83. The molecule has 1 aromatic heterocycles. The smallest absolute Gasteiger partial charge is 0.298 e. The van der Waals surface area contributed by atoms with Gasteiger partial charge in [0.05, 0.1) is 0 Å². The number of hydrogen-bond donors (Lipinski definition) is 1. The summed E-state index contributed by atoms with van der Waals surface area (Å²) in [5.41, 5.74) is 1.13. The summed E-state index contributed by atoms with van der Waals surface area (Å²) in [6.07, 6.45) is 2.43. The Labute approximate surface area is 110 Å². The van der Waals surface area contributed by atoms with Crippen LogP contribution in [-0.2, 0) is 6.54 Å². The third kappa shape index (κ3) is 2.52. The molecule has 0 aliphatic heterocycles. The fourth-order valence-corrected chi connectivity index (χ4v) is 2.43. The number of aromatic nitrogens is 2. The van der Waals surface area contributed by atoms with Crippen molar-refractivity contribution in [2.45, 2.75) is 25.3 Å². The number of nitrogens with zero attached hydrogens (tertiary/aromatic N) is 2. The number of ether oxygens (including phenoxy) is 1. The van der Waals surface area contributed by atoms with E-state index in [1.807, 2.05) is 25.2 Å². The van der Waals surface area contributed by atoms with E-state index in [0.717, 1.165) is 23.7 Å². The van der Waals surface area contributed by atoms with Gasteiger partial charge in [0, 0.05) is 29.6 Å². The summed E-state index contributed by atoms with van der Waals surface area (Å²) in [5.74, 6) is 2.37. The van der Waals surface area contributed by atoms with Crippen LogP contribution in [0, 0.1) is 0 Å². The molecule has 1 N–H and O–H groups in total. The molecule has 1 aliphatic rings. The van der Waals surface area contributed by atoms with Crippen molar-refractivity contribution in [3.63, 3.8) is 0 Å². The molecule has 0 radical (unpaired) electrons. The van der Waals surface area contributed by atoms with Crippen molar-refractivity contribution in [3.8, 4) is 10.9 Å². The van der Waals surface area contributed by atoms with Gasteiger partial charge in [0.15, 0.2) is 0 Å². The summed E-state index contributed by atoms with van der Waals surface area (Å²) in [6.45, 7) is 0.782. The highest BCUT2D eigenvalue weighted by Gasteiger charge is 2.28. The number of hydrogen-bond acceptors (Lipinski definition) is 5. The minimum absolute atomic E-state index is 0.575. The first-order valence-corrected chi connectivity index (χ1v) is 6.88. The van der Waals surface area contributed by atoms with E-state index in [-0.39, 0.29) is 0 Å². The second-order valence-electron chi connectivity index (χ2n) is 4.43. The van der Waals surface area contributed by atoms with Gasteiger partial charge in [-0.3, -0.25) is 0 Å². The maximum Gasteiger partial charge on any atom is 0.298 e. The maximum atomic E-state index is 5.83. The van der Waals surface area contributed by atoms with Gasteiger partial charge in [-0.15, -0.1) is 0 Å². The lowest BCUT2D eigenvalue weighted by Crippen LogP contribution is -2.06. The minimum atomic E-state index is 0.575. The summed E-state index contributed by atoms with van der Waals surface area (Å²) in [5, 5.41) is 3.77. The van der Waals surface area contributed by atoms with Gasteiger partial charge in [0.25, 0.3) is 5.19 Å². The van der Waals surface area contributed by atoms with Gasteiger partial charge in [0.1, 0.15) is 11.6 Å². The average Bonchev–Trinajstić information content (AvgIpc) is 3.13. The van der Waals surface area contributed by atoms with Gasteiger partial charge in [-0.2, -0.15) is 9.36 Å². The normalized spacial score (nSPS) is 14.7. The Hall–Kier alpha value is -1.46. The van der Waals surface area contributed by atoms with Crippen LogP contribution in [0.5, 0.6) is 10.9 Å². The van der Waals surface area contributed by atoms with Crippen molar-refractivity contribution in [2.24, 2.45) is 0 Å². The van der Waals surface area contributed by atoms with E-state index in [9.17, 15) is 0 Å². The van der Waals surface area contributed by atoms with Gasteiger partial charge in [0.2, 0.25) is 0 Å². The fraction of sp³-hybridized carbons (Fsp3) is 0.385. The third-order valence-corrected chi connectivity index (χ3v) is 3.51. The molecule has 0 atom stereocenters. The summed E-state index contributed by atoms with van der Waals surface area (Å²) >= 11 is 1.34. The number of nitrogens with one attached hydrogen (secondary N) is 1. The van der Waals surface area contributed by atoms with E-state index in [4.69, 9.17) is 4.74 Å². The first kappa shape index (κ1) is 11.6. The van der Waals surface area contributed by atoms with Crippen LogP contribution < -0.4 is 10.1 Å². The Morgan fingerprint density at radius 2 is 2.22 bits per heavy atom. The first-order valence-electron chi connectivity index (χ1n) is 6.11. The zero-order chi connectivity index (χ0) is 12.4. The number of para-hydroxylation sites is 1. The number of rotatable bonds is 5. The molecule has 0 unspecified atom stereocenters. The van der Waals surface area contributed by atoms with Crippen LogP contribution >= 0.6 is 11.5 Å². The SMILES string of the molecule is CNCc1ccccc1Oc1nc(C2CC2)ns1. The van der Waals surface area contributed by atoms with Crippen molar-refractivity contribution >= 4 is 11.5 Å². The molecule has 1 aliphatic carbocycles. The molecule has 1 heterocycles. The zero-order valence-electron chi connectivity index (χ0n) is 10.2. The Kier molecular flexibility index (Phi) is 3.25. The molecule has 0 spiro atoms. The second-order valence-corrected chi connectivity index (χ2v) is 5.15. The molecule has 1 fully saturated rings. The van der Waals surface area contributed by atoms with Crippen molar-refractivity contribution in [3.05, 3.63) is 35.7 Å². The third-order valence-electron chi connectivity index (χ3n) is 2.90. The van der Waals surface area contributed by atoms with Gasteiger partial charge < -0.3 is 10.1 Å². The van der Waals surface area contributed by atoms with Crippen molar-refractivity contribution in [1.29, 1.82) is 0 Å².